The Morgan fingerprint density at radius 2 is 2.07 bits per heavy atom. The molecule has 1 aromatic rings. The first-order valence-electron chi connectivity index (χ1n) is 4.21. The van der Waals surface area contributed by atoms with Crippen molar-refractivity contribution < 1.29 is 15.0 Å². The van der Waals surface area contributed by atoms with Crippen LogP contribution in [0.5, 0.6) is 0 Å². The molecule has 2 N–H and O–H groups in total. The second-order valence-corrected chi connectivity index (χ2v) is 2.78. The summed E-state index contributed by atoms with van der Waals surface area (Å²) in [5.41, 5.74) is 0.857. The normalized spacial score (nSPS) is 9.79. The van der Waals surface area contributed by atoms with E-state index in [-0.39, 0.29) is 19.7 Å². The average molecular weight is 196 g/mol. The average Bonchev–Trinajstić information content (AvgIpc) is 2.18. The van der Waals surface area contributed by atoms with Gasteiger partial charge in [-0.3, -0.25) is 4.98 Å². The van der Waals surface area contributed by atoms with E-state index in [1.165, 1.54) is 0 Å². The summed E-state index contributed by atoms with van der Waals surface area (Å²) < 4.78 is 0. The number of rotatable bonds is 4. The van der Waals surface area contributed by atoms with Gasteiger partial charge in [0.2, 0.25) is 0 Å². The monoisotopic (exact) mass is 196 g/mol. The molecule has 0 fully saturated rings. The Bertz CT molecular complexity index is 289. The molecule has 0 atom stereocenters. The number of hydrogen-bond acceptors (Lipinski definition) is 3. The molecule has 5 heteroatoms. The van der Waals surface area contributed by atoms with Crippen molar-refractivity contribution >= 4 is 6.09 Å². The van der Waals surface area contributed by atoms with Crippen LogP contribution in [0, 0.1) is 0 Å². The van der Waals surface area contributed by atoms with Gasteiger partial charge >= 0.3 is 6.09 Å². The molecule has 0 bridgehead atoms. The van der Waals surface area contributed by atoms with Crippen LogP contribution >= 0.6 is 0 Å². The minimum Gasteiger partial charge on any atom is -0.465 e. The van der Waals surface area contributed by atoms with Gasteiger partial charge < -0.3 is 15.1 Å². The lowest BCUT2D eigenvalue weighted by Gasteiger charge is -2.17. The van der Waals surface area contributed by atoms with Crippen LogP contribution in [0.2, 0.25) is 0 Å². The van der Waals surface area contributed by atoms with Crippen LogP contribution in [-0.2, 0) is 6.54 Å². The third kappa shape index (κ3) is 3.02. The zero-order valence-corrected chi connectivity index (χ0v) is 7.63. The van der Waals surface area contributed by atoms with E-state index in [1.807, 2.05) is 0 Å². The zero-order chi connectivity index (χ0) is 10.4. The van der Waals surface area contributed by atoms with Crippen molar-refractivity contribution in [3.63, 3.8) is 0 Å². The minimum absolute atomic E-state index is 0.123. The fraction of sp³-hybridized carbons (Fsp3) is 0.333. The van der Waals surface area contributed by atoms with Gasteiger partial charge in [0.25, 0.3) is 0 Å². The van der Waals surface area contributed by atoms with Crippen LogP contribution in [-0.4, -0.2) is 39.3 Å². The lowest BCUT2D eigenvalue weighted by Crippen LogP contribution is -2.31. The van der Waals surface area contributed by atoms with E-state index in [0.717, 1.165) is 10.5 Å². The summed E-state index contributed by atoms with van der Waals surface area (Å²) in [4.78, 5) is 15.7. The van der Waals surface area contributed by atoms with Gasteiger partial charge in [-0.1, -0.05) is 0 Å². The van der Waals surface area contributed by atoms with Crippen molar-refractivity contribution in [1.29, 1.82) is 0 Å². The van der Waals surface area contributed by atoms with Crippen LogP contribution in [0.1, 0.15) is 5.56 Å². The van der Waals surface area contributed by atoms with E-state index in [1.54, 1.807) is 24.5 Å². The Balaban J connectivity index is 2.60. The summed E-state index contributed by atoms with van der Waals surface area (Å²) in [5.74, 6) is 0. The summed E-state index contributed by atoms with van der Waals surface area (Å²) in [7, 11) is 0. The minimum atomic E-state index is -1.03. The van der Waals surface area contributed by atoms with E-state index >= 15 is 0 Å². The van der Waals surface area contributed by atoms with Crippen molar-refractivity contribution in [3.8, 4) is 0 Å². The van der Waals surface area contributed by atoms with Crippen LogP contribution in [0.25, 0.3) is 0 Å². The van der Waals surface area contributed by atoms with Crippen LogP contribution in [0.3, 0.4) is 0 Å². The smallest absolute Gasteiger partial charge is 0.407 e. The van der Waals surface area contributed by atoms with Gasteiger partial charge in [-0.2, -0.15) is 0 Å². The number of pyridine rings is 1. The number of hydrogen-bond donors (Lipinski definition) is 2. The van der Waals surface area contributed by atoms with Gasteiger partial charge in [-0.15, -0.1) is 0 Å². The Hall–Kier alpha value is -1.62. The third-order valence-corrected chi connectivity index (χ3v) is 1.76. The van der Waals surface area contributed by atoms with Gasteiger partial charge in [0.15, 0.2) is 0 Å². The lowest BCUT2D eigenvalue weighted by atomic mass is 10.2. The molecule has 0 aromatic carbocycles. The van der Waals surface area contributed by atoms with Crippen LogP contribution < -0.4 is 0 Å². The SMILES string of the molecule is O=C(O)N(CCO)Cc1ccncc1. The Kier molecular flexibility index (Phi) is 3.87. The topological polar surface area (TPSA) is 73.7 Å². The van der Waals surface area contributed by atoms with Gasteiger partial charge in [0.1, 0.15) is 0 Å². The Morgan fingerprint density at radius 3 is 2.57 bits per heavy atom. The molecule has 1 rings (SSSR count). The van der Waals surface area contributed by atoms with E-state index in [9.17, 15) is 4.79 Å². The predicted octanol–water partition coefficient (Wildman–Crippen LogP) is 0.554. The molecule has 5 nitrogen and oxygen atoms in total. The molecule has 0 radical (unpaired) electrons. The van der Waals surface area contributed by atoms with E-state index < -0.39 is 6.09 Å². The Labute approximate surface area is 81.6 Å². The third-order valence-electron chi connectivity index (χ3n) is 1.76. The van der Waals surface area contributed by atoms with Gasteiger partial charge in [0, 0.05) is 25.5 Å². The number of aliphatic hydroxyl groups is 1. The van der Waals surface area contributed by atoms with Crippen molar-refractivity contribution in [1.82, 2.24) is 9.88 Å². The highest BCUT2D eigenvalue weighted by atomic mass is 16.4. The van der Waals surface area contributed by atoms with Crippen molar-refractivity contribution in [2.75, 3.05) is 13.2 Å². The quantitative estimate of drug-likeness (QED) is 0.737. The maximum absolute atomic E-state index is 10.7. The number of carboxylic acid groups (broad SMARTS) is 1. The molecular weight excluding hydrogens is 184 g/mol. The molecule has 14 heavy (non-hydrogen) atoms. The van der Waals surface area contributed by atoms with Crippen molar-refractivity contribution in [2.24, 2.45) is 0 Å². The summed E-state index contributed by atoms with van der Waals surface area (Å²) in [5, 5.41) is 17.4. The molecular formula is C9H12N2O3. The first-order valence-corrected chi connectivity index (χ1v) is 4.21. The predicted molar refractivity (Wildman–Crippen MR) is 49.8 cm³/mol. The standard InChI is InChI=1S/C9H12N2O3/c12-6-5-11(9(13)14)7-8-1-3-10-4-2-8/h1-4,12H,5-7H2,(H,13,14). The number of amides is 1. The number of aliphatic hydroxyl groups excluding tert-OH is 1. The van der Waals surface area contributed by atoms with Gasteiger partial charge in [-0.05, 0) is 17.7 Å². The molecule has 0 saturated heterocycles. The molecule has 0 spiro atoms. The van der Waals surface area contributed by atoms with Gasteiger partial charge in [0.05, 0.1) is 6.61 Å². The van der Waals surface area contributed by atoms with E-state index in [0.29, 0.717) is 0 Å². The number of aromatic nitrogens is 1. The van der Waals surface area contributed by atoms with Crippen molar-refractivity contribution in [3.05, 3.63) is 30.1 Å². The fourth-order valence-electron chi connectivity index (χ4n) is 1.07. The molecule has 1 amide bonds. The summed E-state index contributed by atoms with van der Waals surface area (Å²) >= 11 is 0. The number of nitrogens with zero attached hydrogens (tertiary/aromatic N) is 2. The molecule has 0 unspecified atom stereocenters. The first kappa shape index (κ1) is 10.5. The van der Waals surface area contributed by atoms with Crippen LogP contribution in [0.15, 0.2) is 24.5 Å². The number of carbonyl (C=O) groups is 1. The maximum Gasteiger partial charge on any atom is 0.407 e. The second kappa shape index (κ2) is 5.18. The molecule has 1 aromatic heterocycles. The van der Waals surface area contributed by atoms with Crippen LogP contribution in [0.4, 0.5) is 4.79 Å². The highest BCUT2D eigenvalue weighted by molar-refractivity contribution is 5.64. The second-order valence-electron chi connectivity index (χ2n) is 2.78. The van der Waals surface area contributed by atoms with Crippen molar-refractivity contribution in [2.45, 2.75) is 6.54 Å². The maximum atomic E-state index is 10.7. The van der Waals surface area contributed by atoms with E-state index in [4.69, 9.17) is 10.2 Å². The summed E-state index contributed by atoms with van der Waals surface area (Å²) in [6.07, 6.45) is 2.18. The Morgan fingerprint density at radius 1 is 1.43 bits per heavy atom. The zero-order valence-electron chi connectivity index (χ0n) is 7.63. The molecule has 76 valence electrons. The largest absolute Gasteiger partial charge is 0.465 e. The summed E-state index contributed by atoms with van der Waals surface area (Å²) in [6, 6.07) is 3.49. The first-order chi connectivity index (χ1) is 6.74. The fourth-order valence-corrected chi connectivity index (χ4v) is 1.07. The molecule has 0 aliphatic rings. The highest BCUT2D eigenvalue weighted by Gasteiger charge is 2.10. The van der Waals surface area contributed by atoms with E-state index in [2.05, 4.69) is 4.98 Å². The molecule has 0 aliphatic carbocycles. The lowest BCUT2D eigenvalue weighted by molar-refractivity contribution is 0.129. The molecule has 1 heterocycles. The highest BCUT2D eigenvalue weighted by Crippen LogP contribution is 2.02. The molecule has 0 aliphatic heterocycles. The summed E-state index contributed by atoms with van der Waals surface area (Å²) in [6.45, 7) is 0.230. The van der Waals surface area contributed by atoms with Gasteiger partial charge in [-0.25, -0.2) is 4.79 Å². The molecule has 0 saturated carbocycles.